The number of carbonyl (C=O) groups excluding carboxylic acids is 1. The molecule has 0 fully saturated rings. The fraction of sp³-hybridized carbons (Fsp3) is 0. The van der Waals surface area contributed by atoms with Gasteiger partial charge in [-0.3, -0.25) is 4.79 Å². The van der Waals surface area contributed by atoms with E-state index in [2.05, 4.69) is 0 Å². The summed E-state index contributed by atoms with van der Waals surface area (Å²) in [6.45, 7) is 0. The van der Waals surface area contributed by atoms with Gasteiger partial charge in [0, 0.05) is 0 Å². The van der Waals surface area contributed by atoms with Crippen molar-refractivity contribution in [2.75, 3.05) is 0 Å². The number of phenols is 1. The average Bonchev–Trinajstić information content (AvgIpc) is 2.37. The zero-order valence-electron chi connectivity index (χ0n) is 9.05. The molecule has 0 aliphatic heterocycles. The molecule has 0 aromatic heterocycles. The molecule has 0 atom stereocenters. The lowest BCUT2D eigenvalue weighted by Gasteiger charge is -2.05. The van der Waals surface area contributed by atoms with Gasteiger partial charge in [0.25, 0.3) is 0 Å². The van der Waals surface area contributed by atoms with Crippen LogP contribution >= 0.6 is 0 Å². The van der Waals surface area contributed by atoms with Crippen LogP contribution in [0.4, 0.5) is 0 Å². The normalized spacial score (nSPS) is 10.8. The lowest BCUT2D eigenvalue weighted by molar-refractivity contribution is 0.112. The van der Waals surface area contributed by atoms with E-state index in [-0.39, 0.29) is 5.75 Å². The highest BCUT2D eigenvalue weighted by Crippen LogP contribution is 2.29. The minimum absolute atomic E-state index is 0.0304. The maximum absolute atomic E-state index is 10.8. The maximum Gasteiger partial charge on any atom is 0.153 e. The maximum atomic E-state index is 10.8. The first-order valence-corrected chi connectivity index (χ1v) is 5.39. The molecule has 3 aromatic carbocycles. The first-order chi connectivity index (χ1) is 8.29. The summed E-state index contributed by atoms with van der Waals surface area (Å²) in [7, 11) is 0. The van der Waals surface area contributed by atoms with Gasteiger partial charge in [-0.1, -0.05) is 36.4 Å². The number of carbonyl (C=O) groups is 1. The van der Waals surface area contributed by atoms with Crippen molar-refractivity contribution in [1.82, 2.24) is 0 Å². The molecule has 0 unspecified atom stereocenters. The topological polar surface area (TPSA) is 37.3 Å². The van der Waals surface area contributed by atoms with E-state index >= 15 is 0 Å². The number of hydrogen-bond acceptors (Lipinski definition) is 2. The van der Waals surface area contributed by atoms with Crippen molar-refractivity contribution in [1.29, 1.82) is 0 Å². The van der Waals surface area contributed by atoms with Gasteiger partial charge in [0.2, 0.25) is 0 Å². The fourth-order valence-electron chi connectivity index (χ4n) is 2.15. The van der Waals surface area contributed by atoms with E-state index in [1.807, 2.05) is 36.4 Å². The van der Waals surface area contributed by atoms with Gasteiger partial charge in [0.15, 0.2) is 6.29 Å². The van der Waals surface area contributed by atoms with Gasteiger partial charge in [-0.05, 0) is 33.7 Å². The SMILES string of the molecule is O=Cc1cc2c(ccc3ccccc32)cc1O. The molecule has 0 saturated carbocycles. The Morgan fingerprint density at radius 1 is 0.882 bits per heavy atom. The van der Waals surface area contributed by atoms with E-state index in [9.17, 15) is 9.90 Å². The first-order valence-electron chi connectivity index (χ1n) is 5.39. The monoisotopic (exact) mass is 222 g/mol. The van der Waals surface area contributed by atoms with E-state index < -0.39 is 0 Å². The van der Waals surface area contributed by atoms with E-state index in [1.54, 1.807) is 12.1 Å². The highest BCUT2D eigenvalue weighted by molar-refractivity contribution is 6.09. The molecule has 17 heavy (non-hydrogen) atoms. The van der Waals surface area contributed by atoms with Crippen molar-refractivity contribution in [2.45, 2.75) is 0 Å². The van der Waals surface area contributed by atoms with Crippen molar-refractivity contribution in [3.05, 3.63) is 54.1 Å². The molecule has 0 heterocycles. The number of aldehydes is 1. The highest BCUT2D eigenvalue weighted by atomic mass is 16.3. The van der Waals surface area contributed by atoms with Crippen LogP contribution < -0.4 is 0 Å². The Balaban J connectivity index is 2.52. The third kappa shape index (κ3) is 1.46. The van der Waals surface area contributed by atoms with E-state index in [0.717, 1.165) is 21.5 Å². The van der Waals surface area contributed by atoms with Gasteiger partial charge in [0.1, 0.15) is 5.75 Å². The Labute approximate surface area is 98.1 Å². The summed E-state index contributed by atoms with van der Waals surface area (Å²) in [5, 5.41) is 13.8. The summed E-state index contributed by atoms with van der Waals surface area (Å²) in [6.07, 6.45) is 0.677. The number of benzene rings is 3. The van der Waals surface area contributed by atoms with Gasteiger partial charge in [-0.2, -0.15) is 0 Å². The van der Waals surface area contributed by atoms with Crippen molar-refractivity contribution in [3.8, 4) is 5.75 Å². The molecule has 0 bridgehead atoms. The van der Waals surface area contributed by atoms with Crippen molar-refractivity contribution < 1.29 is 9.90 Å². The molecule has 0 spiro atoms. The molecule has 82 valence electrons. The Hall–Kier alpha value is -2.35. The van der Waals surface area contributed by atoms with Crippen LogP contribution in [0.25, 0.3) is 21.5 Å². The standard InChI is InChI=1S/C15H10O2/c16-9-12-7-14-11(8-15(12)17)6-5-10-3-1-2-4-13(10)14/h1-9,17H. The third-order valence-corrected chi connectivity index (χ3v) is 3.02. The van der Waals surface area contributed by atoms with Crippen molar-refractivity contribution >= 4 is 27.8 Å². The molecule has 0 amide bonds. The second kappa shape index (κ2) is 3.59. The van der Waals surface area contributed by atoms with Gasteiger partial charge >= 0.3 is 0 Å². The quantitative estimate of drug-likeness (QED) is 0.505. The van der Waals surface area contributed by atoms with Gasteiger partial charge in [-0.15, -0.1) is 0 Å². The number of hydrogen-bond donors (Lipinski definition) is 1. The molecular weight excluding hydrogens is 212 g/mol. The van der Waals surface area contributed by atoms with Crippen LogP contribution in [-0.4, -0.2) is 11.4 Å². The Morgan fingerprint density at radius 2 is 1.65 bits per heavy atom. The number of aromatic hydroxyl groups is 1. The van der Waals surface area contributed by atoms with E-state index in [1.165, 1.54) is 0 Å². The van der Waals surface area contributed by atoms with Crippen molar-refractivity contribution in [2.24, 2.45) is 0 Å². The largest absolute Gasteiger partial charge is 0.507 e. The van der Waals surface area contributed by atoms with Crippen LogP contribution in [-0.2, 0) is 0 Å². The predicted octanol–water partition coefficient (Wildman–Crippen LogP) is 3.51. The Morgan fingerprint density at radius 3 is 2.47 bits per heavy atom. The molecule has 0 aliphatic carbocycles. The van der Waals surface area contributed by atoms with E-state index in [0.29, 0.717) is 11.8 Å². The lowest BCUT2D eigenvalue weighted by atomic mass is 10.00. The summed E-state index contributed by atoms with van der Waals surface area (Å²) >= 11 is 0. The van der Waals surface area contributed by atoms with Crippen LogP contribution in [0.5, 0.6) is 5.75 Å². The molecule has 3 rings (SSSR count). The van der Waals surface area contributed by atoms with Crippen LogP contribution in [0.3, 0.4) is 0 Å². The average molecular weight is 222 g/mol. The third-order valence-electron chi connectivity index (χ3n) is 3.02. The molecule has 2 nitrogen and oxygen atoms in total. The molecular formula is C15H10O2. The first kappa shape index (κ1) is 9.85. The van der Waals surface area contributed by atoms with Crippen LogP contribution in [0.15, 0.2) is 48.5 Å². The molecule has 0 aliphatic rings. The van der Waals surface area contributed by atoms with Gasteiger partial charge < -0.3 is 5.11 Å². The smallest absolute Gasteiger partial charge is 0.153 e. The minimum Gasteiger partial charge on any atom is -0.507 e. The lowest BCUT2D eigenvalue weighted by Crippen LogP contribution is -1.84. The van der Waals surface area contributed by atoms with Gasteiger partial charge in [0.05, 0.1) is 5.56 Å². The highest BCUT2D eigenvalue weighted by Gasteiger charge is 2.05. The summed E-state index contributed by atoms with van der Waals surface area (Å²) < 4.78 is 0. The molecule has 0 radical (unpaired) electrons. The minimum atomic E-state index is 0.0304. The Kier molecular flexibility index (Phi) is 2.08. The molecule has 0 saturated heterocycles. The van der Waals surface area contributed by atoms with Crippen molar-refractivity contribution in [3.63, 3.8) is 0 Å². The molecule has 1 N–H and O–H groups in total. The summed E-state index contributed by atoms with van der Waals surface area (Å²) in [4.78, 5) is 10.8. The van der Waals surface area contributed by atoms with E-state index in [4.69, 9.17) is 0 Å². The second-order valence-electron chi connectivity index (χ2n) is 4.04. The van der Waals surface area contributed by atoms with Crippen LogP contribution in [0.1, 0.15) is 10.4 Å². The fourth-order valence-corrected chi connectivity index (χ4v) is 2.15. The number of rotatable bonds is 1. The second-order valence-corrected chi connectivity index (χ2v) is 4.04. The molecule has 3 aromatic rings. The zero-order valence-corrected chi connectivity index (χ0v) is 9.05. The number of fused-ring (bicyclic) bond motifs is 3. The van der Waals surface area contributed by atoms with Crippen LogP contribution in [0, 0.1) is 0 Å². The summed E-state index contributed by atoms with van der Waals surface area (Å²) in [6, 6.07) is 15.3. The van der Waals surface area contributed by atoms with Gasteiger partial charge in [-0.25, -0.2) is 0 Å². The zero-order chi connectivity index (χ0) is 11.8. The number of phenolic OH excluding ortho intramolecular Hbond substituents is 1. The summed E-state index contributed by atoms with van der Waals surface area (Å²) in [5.74, 6) is 0.0304. The van der Waals surface area contributed by atoms with Crippen LogP contribution in [0.2, 0.25) is 0 Å². The summed E-state index contributed by atoms with van der Waals surface area (Å²) in [5.41, 5.74) is 0.328. The Bertz CT molecular complexity index is 729. The molecule has 2 heteroatoms. The predicted molar refractivity (Wildman–Crippen MR) is 68.5 cm³/mol.